The molecular formula is C15H14N2. The number of anilines is 2. The predicted octanol–water partition coefficient (Wildman–Crippen LogP) is 3.92. The second-order valence-electron chi connectivity index (χ2n) is 4.10. The molecule has 0 unspecified atom stereocenters. The molecule has 0 aliphatic heterocycles. The SMILES string of the molecule is Cc1ccc(C)c(Nc2ccccc2C#N)c1. The summed E-state index contributed by atoms with van der Waals surface area (Å²) in [4.78, 5) is 0. The minimum absolute atomic E-state index is 0.661. The van der Waals surface area contributed by atoms with Crippen LogP contribution in [0, 0.1) is 25.2 Å². The zero-order chi connectivity index (χ0) is 12.3. The van der Waals surface area contributed by atoms with Crippen LogP contribution in [0.2, 0.25) is 0 Å². The first-order chi connectivity index (χ1) is 8.20. The second kappa shape index (κ2) is 4.71. The summed E-state index contributed by atoms with van der Waals surface area (Å²) < 4.78 is 0. The van der Waals surface area contributed by atoms with Crippen molar-refractivity contribution in [3.05, 3.63) is 59.2 Å². The Morgan fingerprint density at radius 2 is 1.76 bits per heavy atom. The lowest BCUT2D eigenvalue weighted by Crippen LogP contribution is -1.96. The Morgan fingerprint density at radius 3 is 2.53 bits per heavy atom. The molecule has 0 saturated heterocycles. The van der Waals surface area contributed by atoms with Crippen LogP contribution in [0.3, 0.4) is 0 Å². The third-order valence-electron chi connectivity index (χ3n) is 2.71. The zero-order valence-electron chi connectivity index (χ0n) is 9.99. The van der Waals surface area contributed by atoms with E-state index in [9.17, 15) is 0 Å². The third kappa shape index (κ3) is 2.46. The smallest absolute Gasteiger partial charge is 0.101 e. The van der Waals surface area contributed by atoms with Crippen molar-refractivity contribution in [2.45, 2.75) is 13.8 Å². The fourth-order valence-electron chi connectivity index (χ4n) is 1.71. The van der Waals surface area contributed by atoms with Crippen molar-refractivity contribution < 1.29 is 0 Å². The van der Waals surface area contributed by atoms with E-state index in [1.807, 2.05) is 24.3 Å². The highest BCUT2D eigenvalue weighted by atomic mass is 14.9. The van der Waals surface area contributed by atoms with Crippen molar-refractivity contribution in [3.8, 4) is 6.07 Å². The fraction of sp³-hybridized carbons (Fsp3) is 0.133. The molecule has 17 heavy (non-hydrogen) atoms. The summed E-state index contributed by atoms with van der Waals surface area (Å²) in [5, 5.41) is 12.3. The molecule has 0 aliphatic rings. The minimum Gasteiger partial charge on any atom is -0.354 e. The van der Waals surface area contributed by atoms with E-state index in [2.05, 4.69) is 43.4 Å². The van der Waals surface area contributed by atoms with E-state index in [4.69, 9.17) is 5.26 Å². The summed E-state index contributed by atoms with van der Waals surface area (Å²) in [7, 11) is 0. The number of nitriles is 1. The lowest BCUT2D eigenvalue weighted by Gasteiger charge is -2.11. The van der Waals surface area contributed by atoms with E-state index in [1.165, 1.54) is 11.1 Å². The monoisotopic (exact) mass is 222 g/mol. The fourth-order valence-corrected chi connectivity index (χ4v) is 1.71. The Morgan fingerprint density at radius 1 is 1.00 bits per heavy atom. The summed E-state index contributed by atoms with van der Waals surface area (Å²) in [6.07, 6.45) is 0. The molecule has 0 radical (unpaired) electrons. The topological polar surface area (TPSA) is 35.8 Å². The van der Waals surface area contributed by atoms with Crippen LogP contribution in [0.15, 0.2) is 42.5 Å². The molecule has 2 aromatic carbocycles. The first kappa shape index (κ1) is 11.2. The molecule has 0 saturated carbocycles. The second-order valence-corrected chi connectivity index (χ2v) is 4.10. The number of aryl methyl sites for hydroxylation is 2. The molecule has 0 atom stereocenters. The van der Waals surface area contributed by atoms with Gasteiger partial charge in [0.25, 0.3) is 0 Å². The van der Waals surface area contributed by atoms with E-state index in [0.29, 0.717) is 5.56 Å². The molecule has 0 amide bonds. The van der Waals surface area contributed by atoms with Gasteiger partial charge < -0.3 is 5.32 Å². The van der Waals surface area contributed by atoms with Gasteiger partial charge in [0.15, 0.2) is 0 Å². The highest BCUT2D eigenvalue weighted by molar-refractivity contribution is 5.68. The van der Waals surface area contributed by atoms with Gasteiger partial charge in [0, 0.05) is 5.69 Å². The maximum absolute atomic E-state index is 9.03. The molecule has 2 heteroatoms. The Kier molecular flexibility index (Phi) is 3.11. The molecule has 2 rings (SSSR count). The third-order valence-corrected chi connectivity index (χ3v) is 2.71. The average molecular weight is 222 g/mol. The van der Waals surface area contributed by atoms with Crippen molar-refractivity contribution in [1.29, 1.82) is 5.26 Å². The highest BCUT2D eigenvalue weighted by Crippen LogP contribution is 2.23. The largest absolute Gasteiger partial charge is 0.354 e. The van der Waals surface area contributed by atoms with E-state index < -0.39 is 0 Å². The highest BCUT2D eigenvalue weighted by Gasteiger charge is 2.03. The Labute approximate surface area is 102 Å². The summed E-state index contributed by atoms with van der Waals surface area (Å²) in [6, 6.07) is 16.0. The zero-order valence-corrected chi connectivity index (χ0v) is 9.99. The van der Waals surface area contributed by atoms with Crippen molar-refractivity contribution in [1.82, 2.24) is 0 Å². The summed E-state index contributed by atoms with van der Waals surface area (Å²) in [5.74, 6) is 0. The van der Waals surface area contributed by atoms with Gasteiger partial charge in [-0.1, -0.05) is 24.3 Å². The minimum atomic E-state index is 0.661. The number of rotatable bonds is 2. The molecule has 2 nitrogen and oxygen atoms in total. The summed E-state index contributed by atoms with van der Waals surface area (Å²) in [5.41, 5.74) is 4.93. The van der Waals surface area contributed by atoms with Gasteiger partial charge in [0.05, 0.1) is 11.3 Å². The average Bonchev–Trinajstić information content (AvgIpc) is 2.34. The van der Waals surface area contributed by atoms with Gasteiger partial charge in [-0.25, -0.2) is 0 Å². The molecule has 84 valence electrons. The maximum Gasteiger partial charge on any atom is 0.101 e. The Hall–Kier alpha value is -2.27. The Balaban J connectivity index is 2.38. The van der Waals surface area contributed by atoms with Crippen LogP contribution in [-0.4, -0.2) is 0 Å². The van der Waals surface area contributed by atoms with E-state index in [0.717, 1.165) is 11.4 Å². The molecule has 0 spiro atoms. The van der Waals surface area contributed by atoms with Crippen molar-refractivity contribution in [3.63, 3.8) is 0 Å². The molecule has 1 N–H and O–H groups in total. The van der Waals surface area contributed by atoms with Gasteiger partial charge >= 0.3 is 0 Å². The van der Waals surface area contributed by atoms with Crippen molar-refractivity contribution in [2.75, 3.05) is 5.32 Å². The van der Waals surface area contributed by atoms with E-state index in [-0.39, 0.29) is 0 Å². The van der Waals surface area contributed by atoms with E-state index >= 15 is 0 Å². The van der Waals surface area contributed by atoms with Crippen LogP contribution < -0.4 is 5.32 Å². The van der Waals surface area contributed by atoms with Gasteiger partial charge in [0.1, 0.15) is 6.07 Å². The quantitative estimate of drug-likeness (QED) is 0.836. The van der Waals surface area contributed by atoms with E-state index in [1.54, 1.807) is 0 Å². The standard InChI is InChI=1S/C15H14N2/c1-11-7-8-12(2)15(9-11)17-14-6-4-3-5-13(14)10-16/h3-9,17H,1-2H3. The van der Waals surface area contributed by atoms with Gasteiger partial charge in [-0.2, -0.15) is 5.26 Å². The molecule has 2 aromatic rings. The van der Waals surface area contributed by atoms with Gasteiger partial charge in [0.2, 0.25) is 0 Å². The van der Waals surface area contributed by atoms with Crippen LogP contribution in [0.25, 0.3) is 0 Å². The van der Waals surface area contributed by atoms with Crippen LogP contribution in [-0.2, 0) is 0 Å². The first-order valence-electron chi connectivity index (χ1n) is 5.54. The number of hydrogen-bond donors (Lipinski definition) is 1. The number of hydrogen-bond acceptors (Lipinski definition) is 2. The molecule has 0 heterocycles. The van der Waals surface area contributed by atoms with Gasteiger partial charge in [-0.05, 0) is 43.2 Å². The van der Waals surface area contributed by atoms with Crippen molar-refractivity contribution in [2.24, 2.45) is 0 Å². The van der Waals surface area contributed by atoms with Gasteiger partial charge in [-0.15, -0.1) is 0 Å². The van der Waals surface area contributed by atoms with Crippen LogP contribution in [0.4, 0.5) is 11.4 Å². The molecule has 0 aromatic heterocycles. The number of nitrogens with zero attached hydrogens (tertiary/aromatic N) is 1. The summed E-state index contributed by atoms with van der Waals surface area (Å²) >= 11 is 0. The molecule has 0 fully saturated rings. The molecule has 0 bridgehead atoms. The van der Waals surface area contributed by atoms with Crippen LogP contribution in [0.5, 0.6) is 0 Å². The number of nitrogens with one attached hydrogen (secondary N) is 1. The van der Waals surface area contributed by atoms with Crippen LogP contribution >= 0.6 is 0 Å². The van der Waals surface area contributed by atoms with Crippen molar-refractivity contribution >= 4 is 11.4 Å². The van der Waals surface area contributed by atoms with Crippen LogP contribution in [0.1, 0.15) is 16.7 Å². The summed E-state index contributed by atoms with van der Waals surface area (Å²) in [6.45, 7) is 4.11. The Bertz CT molecular complexity index is 580. The molecular weight excluding hydrogens is 208 g/mol. The molecule has 0 aliphatic carbocycles. The number of benzene rings is 2. The van der Waals surface area contributed by atoms with Gasteiger partial charge in [-0.3, -0.25) is 0 Å². The predicted molar refractivity (Wildman–Crippen MR) is 70.4 cm³/mol. The lowest BCUT2D eigenvalue weighted by atomic mass is 10.1. The lowest BCUT2D eigenvalue weighted by molar-refractivity contribution is 1.37. The first-order valence-corrected chi connectivity index (χ1v) is 5.54. The normalized spacial score (nSPS) is 9.71. The maximum atomic E-state index is 9.03. The number of para-hydroxylation sites is 1.